The number of rotatable bonds is 5. The molecular formula is C16H22N2O3. The van der Waals surface area contributed by atoms with Crippen molar-refractivity contribution in [1.82, 2.24) is 10.2 Å². The van der Waals surface area contributed by atoms with Crippen LogP contribution in [0.1, 0.15) is 27.2 Å². The van der Waals surface area contributed by atoms with Gasteiger partial charge in [0, 0.05) is 0 Å². The largest absolute Gasteiger partial charge is 0.492 e. The first kappa shape index (κ1) is 15.4. The predicted octanol–water partition coefficient (Wildman–Crippen LogP) is 1.58. The van der Waals surface area contributed by atoms with Gasteiger partial charge in [0.2, 0.25) is 11.8 Å². The Morgan fingerprint density at radius 1 is 1.24 bits per heavy atom. The summed E-state index contributed by atoms with van der Waals surface area (Å²) in [7, 11) is 0. The minimum atomic E-state index is -0.844. The van der Waals surface area contributed by atoms with Crippen molar-refractivity contribution >= 4 is 11.8 Å². The molecular weight excluding hydrogens is 268 g/mol. The highest BCUT2D eigenvalue weighted by atomic mass is 16.5. The monoisotopic (exact) mass is 290 g/mol. The van der Waals surface area contributed by atoms with E-state index in [0.717, 1.165) is 5.75 Å². The Hall–Kier alpha value is -2.04. The number of hydrogen-bond acceptors (Lipinski definition) is 3. The number of amides is 2. The Balaban J connectivity index is 2.01. The van der Waals surface area contributed by atoms with Crippen LogP contribution in [0.15, 0.2) is 30.3 Å². The van der Waals surface area contributed by atoms with E-state index in [-0.39, 0.29) is 11.8 Å². The van der Waals surface area contributed by atoms with E-state index in [1.165, 1.54) is 0 Å². The first-order chi connectivity index (χ1) is 9.96. The van der Waals surface area contributed by atoms with Crippen LogP contribution in [0.4, 0.5) is 0 Å². The lowest BCUT2D eigenvalue weighted by molar-refractivity contribution is -0.155. The summed E-state index contributed by atoms with van der Waals surface area (Å²) >= 11 is 0. The van der Waals surface area contributed by atoms with Gasteiger partial charge in [0.25, 0.3) is 0 Å². The molecule has 0 bridgehead atoms. The van der Waals surface area contributed by atoms with Crippen LogP contribution in [0.25, 0.3) is 0 Å². The third-order valence-electron chi connectivity index (χ3n) is 3.83. The van der Waals surface area contributed by atoms with Crippen molar-refractivity contribution in [2.75, 3.05) is 13.2 Å². The Bertz CT molecular complexity index is 514. The van der Waals surface area contributed by atoms with Crippen LogP contribution < -0.4 is 10.1 Å². The van der Waals surface area contributed by atoms with Gasteiger partial charge < -0.3 is 15.0 Å². The maximum absolute atomic E-state index is 12.4. The average Bonchev–Trinajstić information content (AvgIpc) is 2.48. The fourth-order valence-corrected chi connectivity index (χ4v) is 2.42. The number of nitrogens with one attached hydrogen (secondary N) is 1. The average molecular weight is 290 g/mol. The fourth-order valence-electron chi connectivity index (χ4n) is 2.42. The number of carbonyl (C=O) groups excluding carboxylic acids is 2. The fraction of sp³-hybridized carbons (Fsp3) is 0.500. The second kappa shape index (κ2) is 6.16. The number of hydrogen-bond donors (Lipinski definition) is 1. The van der Waals surface area contributed by atoms with E-state index in [2.05, 4.69) is 5.32 Å². The Morgan fingerprint density at radius 3 is 2.52 bits per heavy atom. The van der Waals surface area contributed by atoms with Crippen LogP contribution in [0.3, 0.4) is 0 Å². The van der Waals surface area contributed by atoms with Crippen LogP contribution >= 0.6 is 0 Å². The number of piperazine rings is 1. The van der Waals surface area contributed by atoms with Crippen LogP contribution in [0.5, 0.6) is 5.75 Å². The summed E-state index contributed by atoms with van der Waals surface area (Å²) in [5.41, 5.74) is -0.844. The summed E-state index contributed by atoms with van der Waals surface area (Å²) in [4.78, 5) is 26.2. The summed E-state index contributed by atoms with van der Waals surface area (Å²) in [5, 5.41) is 2.77. The Kier molecular flexibility index (Phi) is 4.50. The van der Waals surface area contributed by atoms with Gasteiger partial charge in [-0.2, -0.15) is 0 Å². The van der Waals surface area contributed by atoms with Gasteiger partial charge in [-0.05, 0) is 32.4 Å². The maximum Gasteiger partial charge on any atom is 0.246 e. The van der Waals surface area contributed by atoms with Gasteiger partial charge in [-0.25, -0.2) is 0 Å². The molecule has 2 amide bonds. The molecule has 114 valence electrons. The van der Waals surface area contributed by atoms with E-state index in [4.69, 9.17) is 4.74 Å². The lowest BCUT2D eigenvalue weighted by Gasteiger charge is -2.44. The molecule has 1 aliphatic heterocycles. The van der Waals surface area contributed by atoms with Gasteiger partial charge in [0.15, 0.2) is 0 Å². The van der Waals surface area contributed by atoms with Gasteiger partial charge in [-0.3, -0.25) is 9.59 Å². The number of carbonyl (C=O) groups is 2. The molecule has 1 fully saturated rings. The molecule has 21 heavy (non-hydrogen) atoms. The molecule has 5 heteroatoms. The van der Waals surface area contributed by atoms with Gasteiger partial charge >= 0.3 is 0 Å². The van der Waals surface area contributed by atoms with Crippen molar-refractivity contribution in [2.45, 2.75) is 38.8 Å². The molecule has 1 N–H and O–H groups in total. The molecule has 0 spiro atoms. The van der Waals surface area contributed by atoms with E-state index in [1.807, 2.05) is 37.3 Å². The molecule has 1 aliphatic rings. The first-order valence-electron chi connectivity index (χ1n) is 7.27. The quantitative estimate of drug-likeness (QED) is 0.895. The molecule has 1 aromatic rings. The first-order valence-corrected chi connectivity index (χ1v) is 7.27. The summed E-state index contributed by atoms with van der Waals surface area (Å²) in [6, 6.07) is 9.01. The topological polar surface area (TPSA) is 58.6 Å². The van der Waals surface area contributed by atoms with E-state index >= 15 is 0 Å². The molecule has 0 aromatic heterocycles. The van der Waals surface area contributed by atoms with Crippen molar-refractivity contribution < 1.29 is 14.3 Å². The summed E-state index contributed by atoms with van der Waals surface area (Å²) in [6.45, 7) is 6.16. The number of benzene rings is 1. The van der Waals surface area contributed by atoms with Crippen molar-refractivity contribution in [1.29, 1.82) is 0 Å². The van der Waals surface area contributed by atoms with Gasteiger partial charge in [0.1, 0.15) is 23.9 Å². The van der Waals surface area contributed by atoms with E-state index in [1.54, 1.807) is 18.7 Å². The number of nitrogens with zero attached hydrogens (tertiary/aromatic N) is 1. The van der Waals surface area contributed by atoms with Gasteiger partial charge in [-0.15, -0.1) is 0 Å². The Labute approximate surface area is 125 Å². The highest BCUT2D eigenvalue weighted by Crippen LogP contribution is 2.22. The number of ether oxygens (including phenoxy) is 1. The molecule has 1 heterocycles. The van der Waals surface area contributed by atoms with E-state index in [0.29, 0.717) is 19.6 Å². The van der Waals surface area contributed by atoms with Crippen LogP contribution in [0.2, 0.25) is 0 Å². The molecule has 1 atom stereocenters. The predicted molar refractivity (Wildman–Crippen MR) is 80.0 cm³/mol. The highest BCUT2D eigenvalue weighted by molar-refractivity contribution is 5.99. The zero-order chi connectivity index (χ0) is 15.5. The smallest absolute Gasteiger partial charge is 0.246 e. The van der Waals surface area contributed by atoms with Crippen LogP contribution in [-0.2, 0) is 9.59 Å². The third kappa shape index (κ3) is 3.17. The highest BCUT2D eigenvalue weighted by Gasteiger charge is 2.45. The zero-order valence-electron chi connectivity index (χ0n) is 12.8. The second-order valence-electron chi connectivity index (χ2n) is 5.64. The molecule has 0 aliphatic carbocycles. The second-order valence-corrected chi connectivity index (χ2v) is 5.64. The Morgan fingerprint density at radius 2 is 1.90 bits per heavy atom. The van der Waals surface area contributed by atoms with Crippen LogP contribution in [0, 0.1) is 0 Å². The van der Waals surface area contributed by atoms with Crippen molar-refractivity contribution in [2.24, 2.45) is 0 Å². The molecule has 2 rings (SSSR count). The van der Waals surface area contributed by atoms with Gasteiger partial charge in [0.05, 0.1) is 6.54 Å². The van der Waals surface area contributed by atoms with E-state index < -0.39 is 11.6 Å². The summed E-state index contributed by atoms with van der Waals surface area (Å²) < 4.78 is 5.63. The molecule has 0 radical (unpaired) electrons. The third-order valence-corrected chi connectivity index (χ3v) is 3.83. The molecule has 1 saturated heterocycles. The van der Waals surface area contributed by atoms with Gasteiger partial charge in [-0.1, -0.05) is 25.1 Å². The van der Waals surface area contributed by atoms with Crippen LogP contribution in [-0.4, -0.2) is 41.4 Å². The molecule has 5 nitrogen and oxygen atoms in total. The summed E-state index contributed by atoms with van der Waals surface area (Å²) in [5.74, 6) is 0.601. The minimum Gasteiger partial charge on any atom is -0.492 e. The standard InChI is InChI=1S/C16H22N2O3/c1-4-13-14(19)18(16(2,3)15(20)17-13)10-11-21-12-8-6-5-7-9-12/h5-9,13H,4,10-11H2,1-3H3,(H,17,20). The van der Waals surface area contributed by atoms with Crippen molar-refractivity contribution in [3.8, 4) is 5.75 Å². The number of para-hydroxylation sites is 1. The summed E-state index contributed by atoms with van der Waals surface area (Å²) in [6.07, 6.45) is 0.594. The van der Waals surface area contributed by atoms with E-state index in [9.17, 15) is 9.59 Å². The molecule has 1 unspecified atom stereocenters. The lowest BCUT2D eigenvalue weighted by atomic mass is 9.95. The molecule has 0 saturated carbocycles. The van der Waals surface area contributed by atoms with Crippen molar-refractivity contribution in [3.05, 3.63) is 30.3 Å². The molecule has 1 aromatic carbocycles. The van der Waals surface area contributed by atoms with Crippen molar-refractivity contribution in [3.63, 3.8) is 0 Å². The zero-order valence-corrected chi connectivity index (χ0v) is 12.8. The lowest BCUT2D eigenvalue weighted by Crippen LogP contribution is -2.68. The minimum absolute atomic E-state index is 0.0428. The maximum atomic E-state index is 12.4. The normalized spacial score (nSPS) is 21.1. The SMILES string of the molecule is CCC1NC(=O)C(C)(C)N(CCOc2ccccc2)C1=O.